The smallest absolute Gasteiger partial charge is 0.251 e. The van der Waals surface area contributed by atoms with Crippen molar-refractivity contribution in [3.8, 4) is 5.88 Å². The lowest BCUT2D eigenvalue weighted by molar-refractivity contribution is 0.0947. The lowest BCUT2D eigenvalue weighted by atomic mass is 10.2. The van der Waals surface area contributed by atoms with Crippen molar-refractivity contribution >= 4 is 5.91 Å². The summed E-state index contributed by atoms with van der Waals surface area (Å²) in [5.74, 6) is 0.334. The molecule has 1 unspecified atom stereocenters. The van der Waals surface area contributed by atoms with Crippen molar-refractivity contribution in [2.45, 2.75) is 18.9 Å². The first-order valence-corrected chi connectivity index (χ1v) is 6.77. The van der Waals surface area contributed by atoms with Crippen LogP contribution in [0.5, 0.6) is 5.88 Å². The molecule has 1 atom stereocenters. The summed E-state index contributed by atoms with van der Waals surface area (Å²) in [6.45, 7) is 2.51. The number of hydrogen-bond acceptors (Lipinski definition) is 5. The van der Waals surface area contributed by atoms with Crippen LogP contribution in [0.1, 0.15) is 23.2 Å². The highest BCUT2D eigenvalue weighted by molar-refractivity contribution is 5.94. The predicted molar refractivity (Wildman–Crippen MR) is 72.9 cm³/mol. The van der Waals surface area contributed by atoms with Crippen molar-refractivity contribution in [2.75, 3.05) is 33.5 Å². The molecule has 0 aromatic carbocycles. The monoisotopic (exact) mass is 280 g/mol. The third kappa shape index (κ3) is 4.47. The zero-order chi connectivity index (χ0) is 14.2. The predicted octanol–water partition coefficient (Wildman–Crippen LogP) is 1.02. The molecule has 1 aromatic heterocycles. The van der Waals surface area contributed by atoms with Crippen LogP contribution in [0.25, 0.3) is 0 Å². The van der Waals surface area contributed by atoms with Gasteiger partial charge in [0.15, 0.2) is 0 Å². The fourth-order valence-corrected chi connectivity index (χ4v) is 1.91. The highest BCUT2D eigenvalue weighted by Gasteiger charge is 2.18. The normalized spacial score (nSPS) is 17.9. The van der Waals surface area contributed by atoms with Crippen molar-refractivity contribution in [3.63, 3.8) is 0 Å². The zero-order valence-corrected chi connectivity index (χ0v) is 11.6. The van der Waals surface area contributed by atoms with Crippen molar-refractivity contribution in [1.29, 1.82) is 0 Å². The van der Waals surface area contributed by atoms with Gasteiger partial charge in [-0.05, 0) is 12.5 Å². The fourth-order valence-electron chi connectivity index (χ4n) is 1.91. The number of methoxy groups -OCH3 is 1. The number of ether oxygens (including phenoxy) is 3. The Balaban J connectivity index is 1.86. The van der Waals surface area contributed by atoms with Gasteiger partial charge < -0.3 is 19.5 Å². The topological polar surface area (TPSA) is 69.7 Å². The second-order valence-corrected chi connectivity index (χ2v) is 4.59. The molecule has 1 fully saturated rings. The average molecular weight is 280 g/mol. The van der Waals surface area contributed by atoms with Crippen molar-refractivity contribution < 1.29 is 19.0 Å². The molecule has 0 radical (unpaired) electrons. The molecule has 1 N–H and O–H groups in total. The minimum absolute atomic E-state index is 0.0301. The number of carbonyl (C=O) groups excluding carboxylic acids is 1. The van der Waals surface area contributed by atoms with Gasteiger partial charge in [-0.3, -0.25) is 4.79 Å². The van der Waals surface area contributed by atoms with E-state index in [1.807, 2.05) is 0 Å². The highest BCUT2D eigenvalue weighted by atomic mass is 16.5. The van der Waals surface area contributed by atoms with Crippen LogP contribution >= 0.6 is 0 Å². The second kappa shape index (κ2) is 7.81. The molecule has 1 aliphatic rings. The Bertz CT molecular complexity index is 433. The first-order chi connectivity index (χ1) is 9.79. The summed E-state index contributed by atoms with van der Waals surface area (Å²) in [5.41, 5.74) is 0.548. The molecule has 0 saturated carbocycles. The minimum Gasteiger partial charge on any atom is -0.472 e. The van der Waals surface area contributed by atoms with Gasteiger partial charge in [0.1, 0.15) is 6.10 Å². The third-order valence-electron chi connectivity index (χ3n) is 2.98. The molecule has 110 valence electrons. The number of nitrogens with one attached hydrogen (secondary N) is 1. The third-order valence-corrected chi connectivity index (χ3v) is 2.98. The molecule has 2 heterocycles. The fraction of sp³-hybridized carbons (Fsp3) is 0.571. The lowest BCUT2D eigenvalue weighted by Gasteiger charge is -2.11. The Morgan fingerprint density at radius 3 is 3.25 bits per heavy atom. The second-order valence-electron chi connectivity index (χ2n) is 4.59. The lowest BCUT2D eigenvalue weighted by Crippen LogP contribution is -2.25. The van der Waals surface area contributed by atoms with Crippen LogP contribution in [0, 0.1) is 0 Å². The Hall–Kier alpha value is -1.66. The van der Waals surface area contributed by atoms with Crippen LogP contribution in [0.2, 0.25) is 0 Å². The molecule has 0 spiro atoms. The number of amides is 1. The number of aromatic nitrogens is 1. The Morgan fingerprint density at radius 1 is 1.60 bits per heavy atom. The largest absolute Gasteiger partial charge is 0.472 e. The van der Waals surface area contributed by atoms with Crippen LogP contribution in [-0.4, -0.2) is 50.5 Å². The Morgan fingerprint density at radius 2 is 2.50 bits per heavy atom. The summed E-state index contributed by atoms with van der Waals surface area (Å²) in [4.78, 5) is 16.1. The van der Waals surface area contributed by atoms with Crippen molar-refractivity contribution in [2.24, 2.45) is 0 Å². The van der Waals surface area contributed by atoms with Crippen molar-refractivity contribution in [1.82, 2.24) is 10.3 Å². The van der Waals surface area contributed by atoms with Gasteiger partial charge in [-0.1, -0.05) is 0 Å². The van der Waals surface area contributed by atoms with Gasteiger partial charge in [0.05, 0.1) is 13.2 Å². The molecule has 6 nitrogen and oxygen atoms in total. The maximum Gasteiger partial charge on any atom is 0.251 e. The molecular weight excluding hydrogens is 260 g/mol. The van der Waals surface area contributed by atoms with E-state index in [2.05, 4.69) is 10.3 Å². The first-order valence-electron chi connectivity index (χ1n) is 6.77. The van der Waals surface area contributed by atoms with Crippen LogP contribution < -0.4 is 10.1 Å². The number of nitrogens with zero attached hydrogens (tertiary/aromatic N) is 1. The first kappa shape index (κ1) is 14.7. The van der Waals surface area contributed by atoms with E-state index >= 15 is 0 Å². The Labute approximate surface area is 118 Å². The van der Waals surface area contributed by atoms with Crippen LogP contribution in [-0.2, 0) is 9.47 Å². The number of pyridine rings is 1. The van der Waals surface area contributed by atoms with Gasteiger partial charge in [0, 0.05) is 44.5 Å². The summed E-state index contributed by atoms with van der Waals surface area (Å²) < 4.78 is 15.8. The maximum absolute atomic E-state index is 11.9. The van der Waals surface area contributed by atoms with E-state index < -0.39 is 0 Å². The highest BCUT2D eigenvalue weighted by Crippen LogP contribution is 2.15. The molecule has 1 aliphatic heterocycles. The maximum atomic E-state index is 11.9. The van der Waals surface area contributed by atoms with Crippen LogP contribution in [0.15, 0.2) is 18.3 Å². The summed E-state index contributed by atoms with van der Waals surface area (Å²) >= 11 is 0. The van der Waals surface area contributed by atoms with E-state index in [-0.39, 0.29) is 12.0 Å². The van der Waals surface area contributed by atoms with Gasteiger partial charge in [-0.15, -0.1) is 0 Å². The molecule has 1 aromatic rings. The summed E-state index contributed by atoms with van der Waals surface area (Å²) in [6, 6.07) is 3.33. The Kier molecular flexibility index (Phi) is 5.76. The number of carbonyl (C=O) groups is 1. The van der Waals surface area contributed by atoms with Gasteiger partial charge >= 0.3 is 0 Å². The molecule has 1 amide bonds. The van der Waals surface area contributed by atoms with Gasteiger partial charge in [-0.25, -0.2) is 4.98 Å². The van der Waals surface area contributed by atoms with E-state index in [0.717, 1.165) is 12.8 Å². The van der Waals surface area contributed by atoms with Gasteiger partial charge in [0.2, 0.25) is 5.88 Å². The molecule has 0 bridgehead atoms. The molecule has 20 heavy (non-hydrogen) atoms. The quantitative estimate of drug-likeness (QED) is 0.755. The van der Waals surface area contributed by atoms with Gasteiger partial charge in [-0.2, -0.15) is 0 Å². The number of hydrogen-bond donors (Lipinski definition) is 1. The van der Waals surface area contributed by atoms with E-state index in [1.54, 1.807) is 25.4 Å². The van der Waals surface area contributed by atoms with E-state index in [1.165, 1.54) is 0 Å². The van der Waals surface area contributed by atoms with E-state index in [0.29, 0.717) is 37.8 Å². The number of rotatable bonds is 7. The SMILES string of the molecule is COCCCNC(=O)c1ccnc(OC2CCOC2)c1. The summed E-state index contributed by atoms with van der Waals surface area (Å²) in [5, 5.41) is 2.83. The molecule has 1 saturated heterocycles. The molecule has 0 aliphatic carbocycles. The minimum atomic E-state index is -0.129. The molecule has 6 heteroatoms. The molecular formula is C14H20N2O4. The zero-order valence-electron chi connectivity index (χ0n) is 11.6. The van der Waals surface area contributed by atoms with E-state index in [4.69, 9.17) is 14.2 Å². The van der Waals surface area contributed by atoms with Crippen molar-refractivity contribution in [3.05, 3.63) is 23.9 Å². The van der Waals surface area contributed by atoms with Crippen LogP contribution in [0.3, 0.4) is 0 Å². The van der Waals surface area contributed by atoms with Crippen LogP contribution in [0.4, 0.5) is 0 Å². The van der Waals surface area contributed by atoms with E-state index in [9.17, 15) is 4.79 Å². The summed E-state index contributed by atoms with van der Waals surface area (Å²) in [7, 11) is 1.64. The standard InChI is InChI=1S/C14H20N2O4/c1-18-7-2-5-16-14(17)11-3-6-15-13(9-11)20-12-4-8-19-10-12/h3,6,9,12H,2,4-5,7-8,10H2,1H3,(H,16,17). The average Bonchev–Trinajstić information content (AvgIpc) is 2.96. The molecule has 2 rings (SSSR count). The van der Waals surface area contributed by atoms with Gasteiger partial charge in [0.25, 0.3) is 5.91 Å². The summed E-state index contributed by atoms with van der Waals surface area (Å²) in [6.07, 6.45) is 3.25.